The lowest BCUT2D eigenvalue weighted by Gasteiger charge is -2.39. The average Bonchev–Trinajstić information content (AvgIpc) is 3.27. The van der Waals surface area contributed by atoms with Gasteiger partial charge in [0.05, 0.1) is 24.9 Å². The smallest absolute Gasteiger partial charge is 0.161 e. The highest BCUT2D eigenvalue weighted by atomic mass is 35.5. The summed E-state index contributed by atoms with van der Waals surface area (Å²) in [6, 6.07) is 11.7. The molecular weight excluding hydrogens is 478 g/mol. The molecule has 1 aliphatic heterocycles. The fraction of sp³-hybridized carbons (Fsp3) is 0.464. The molecular formula is C28H36ClN3O4. The molecule has 7 nitrogen and oxygen atoms in total. The lowest BCUT2D eigenvalue weighted by Crippen LogP contribution is -2.51. The molecule has 3 aromatic rings. The van der Waals surface area contributed by atoms with Crippen molar-refractivity contribution in [2.75, 3.05) is 33.4 Å². The van der Waals surface area contributed by atoms with Crippen LogP contribution in [0.2, 0.25) is 5.02 Å². The Hall–Kier alpha value is -2.74. The highest BCUT2D eigenvalue weighted by Gasteiger charge is 2.34. The first-order valence-electron chi connectivity index (χ1n) is 12.5. The first-order valence-corrected chi connectivity index (χ1v) is 12.8. The first-order chi connectivity index (χ1) is 17.3. The molecule has 0 radical (unpaired) electrons. The van der Waals surface area contributed by atoms with E-state index in [1.807, 2.05) is 61.3 Å². The molecule has 194 valence electrons. The fourth-order valence-electron chi connectivity index (χ4n) is 4.58. The molecule has 1 atom stereocenters. The van der Waals surface area contributed by atoms with Gasteiger partial charge in [0.25, 0.3) is 0 Å². The molecule has 2 aromatic carbocycles. The van der Waals surface area contributed by atoms with Crippen molar-refractivity contribution in [2.45, 2.75) is 51.8 Å². The molecule has 0 aliphatic carbocycles. The molecule has 8 heteroatoms. The van der Waals surface area contributed by atoms with Crippen LogP contribution in [-0.2, 0) is 13.1 Å². The van der Waals surface area contributed by atoms with Gasteiger partial charge in [0.1, 0.15) is 18.0 Å². The minimum atomic E-state index is -0.929. The second kappa shape index (κ2) is 12.0. The van der Waals surface area contributed by atoms with E-state index in [0.29, 0.717) is 42.6 Å². The summed E-state index contributed by atoms with van der Waals surface area (Å²) in [5, 5.41) is 16.1. The quantitative estimate of drug-likeness (QED) is 0.362. The highest BCUT2D eigenvalue weighted by Crippen LogP contribution is 2.31. The predicted octanol–water partition coefficient (Wildman–Crippen LogP) is 5.04. The third-order valence-electron chi connectivity index (χ3n) is 6.40. The van der Waals surface area contributed by atoms with Crippen LogP contribution >= 0.6 is 11.6 Å². The molecule has 0 amide bonds. The number of aromatic nitrogens is 2. The Morgan fingerprint density at radius 1 is 1.06 bits per heavy atom. The Morgan fingerprint density at radius 2 is 1.92 bits per heavy atom. The van der Waals surface area contributed by atoms with E-state index in [-0.39, 0.29) is 6.61 Å². The minimum absolute atomic E-state index is 0.208. The SMILES string of the molecule is COc1ccc(CN2CCCC(O)(COc3cc(C)ccc3Cl)C2)cc1OCCCn1cc(C)cn1. The van der Waals surface area contributed by atoms with Crippen molar-refractivity contribution in [3.8, 4) is 17.2 Å². The van der Waals surface area contributed by atoms with E-state index in [9.17, 15) is 5.11 Å². The van der Waals surface area contributed by atoms with E-state index >= 15 is 0 Å². The zero-order chi connectivity index (χ0) is 25.5. The number of ether oxygens (including phenoxy) is 3. The van der Waals surface area contributed by atoms with E-state index < -0.39 is 5.60 Å². The second-order valence-electron chi connectivity index (χ2n) is 9.73. The van der Waals surface area contributed by atoms with Gasteiger partial charge in [-0.2, -0.15) is 5.10 Å². The second-order valence-corrected chi connectivity index (χ2v) is 10.1. The summed E-state index contributed by atoms with van der Waals surface area (Å²) in [6.45, 7) is 7.76. The van der Waals surface area contributed by atoms with E-state index in [0.717, 1.165) is 48.4 Å². The van der Waals surface area contributed by atoms with Crippen LogP contribution in [-0.4, -0.2) is 58.8 Å². The lowest BCUT2D eigenvalue weighted by atomic mass is 9.93. The largest absolute Gasteiger partial charge is 0.493 e. The Balaban J connectivity index is 1.32. The van der Waals surface area contributed by atoms with Crippen LogP contribution in [0.1, 0.15) is 36.0 Å². The third-order valence-corrected chi connectivity index (χ3v) is 6.72. The molecule has 0 bridgehead atoms. The number of rotatable bonds is 11. The average molecular weight is 514 g/mol. The highest BCUT2D eigenvalue weighted by molar-refractivity contribution is 6.32. The van der Waals surface area contributed by atoms with Crippen LogP contribution in [0.3, 0.4) is 0 Å². The fourth-order valence-corrected chi connectivity index (χ4v) is 4.75. The number of piperidine rings is 1. The number of methoxy groups -OCH3 is 1. The Labute approximate surface area is 218 Å². The number of halogens is 1. The van der Waals surface area contributed by atoms with E-state index in [1.54, 1.807) is 7.11 Å². The van der Waals surface area contributed by atoms with Crippen molar-refractivity contribution in [2.24, 2.45) is 0 Å². The molecule has 1 aliphatic rings. The number of benzene rings is 2. The molecule has 1 saturated heterocycles. The van der Waals surface area contributed by atoms with Crippen LogP contribution in [0.15, 0.2) is 48.8 Å². The molecule has 1 N–H and O–H groups in total. The van der Waals surface area contributed by atoms with Crippen LogP contribution in [0.4, 0.5) is 0 Å². The molecule has 1 unspecified atom stereocenters. The van der Waals surface area contributed by atoms with Crippen molar-refractivity contribution in [1.29, 1.82) is 0 Å². The Morgan fingerprint density at radius 3 is 2.69 bits per heavy atom. The summed E-state index contributed by atoms with van der Waals surface area (Å²) < 4.78 is 19.5. The van der Waals surface area contributed by atoms with Crippen molar-refractivity contribution in [3.05, 3.63) is 70.5 Å². The number of likely N-dealkylation sites (tertiary alicyclic amines) is 1. The van der Waals surface area contributed by atoms with Crippen LogP contribution in [0, 0.1) is 13.8 Å². The molecule has 4 rings (SSSR count). The predicted molar refractivity (Wildman–Crippen MR) is 141 cm³/mol. The number of aryl methyl sites for hydroxylation is 3. The van der Waals surface area contributed by atoms with Crippen LogP contribution in [0.25, 0.3) is 0 Å². The van der Waals surface area contributed by atoms with Gasteiger partial charge in [0.2, 0.25) is 0 Å². The zero-order valence-electron chi connectivity index (χ0n) is 21.4. The van der Waals surface area contributed by atoms with Gasteiger partial charge in [-0.05, 0) is 74.2 Å². The van der Waals surface area contributed by atoms with Crippen molar-refractivity contribution >= 4 is 11.6 Å². The Kier molecular flexibility index (Phi) is 8.77. The maximum Gasteiger partial charge on any atom is 0.161 e. The summed E-state index contributed by atoms with van der Waals surface area (Å²) in [5.41, 5.74) is 2.41. The van der Waals surface area contributed by atoms with Crippen molar-refractivity contribution in [1.82, 2.24) is 14.7 Å². The molecule has 0 spiro atoms. The van der Waals surface area contributed by atoms with Crippen LogP contribution in [0.5, 0.6) is 17.2 Å². The Bertz CT molecular complexity index is 1150. The number of β-amino-alcohol motifs (C(OH)–C–C–N with tert-alkyl or cyclic N) is 1. The molecule has 0 saturated carbocycles. The maximum absolute atomic E-state index is 11.3. The van der Waals surface area contributed by atoms with E-state index in [1.165, 1.54) is 0 Å². The van der Waals surface area contributed by atoms with Gasteiger partial charge in [0, 0.05) is 32.3 Å². The normalized spacial score (nSPS) is 18.2. The number of hydrogen-bond donors (Lipinski definition) is 1. The van der Waals surface area contributed by atoms with Gasteiger partial charge in [-0.3, -0.25) is 9.58 Å². The zero-order valence-corrected chi connectivity index (χ0v) is 22.1. The van der Waals surface area contributed by atoms with Crippen LogP contribution < -0.4 is 14.2 Å². The molecule has 36 heavy (non-hydrogen) atoms. The van der Waals surface area contributed by atoms with Gasteiger partial charge in [-0.1, -0.05) is 23.7 Å². The topological polar surface area (TPSA) is 69.0 Å². The van der Waals surface area contributed by atoms with Gasteiger partial charge in [0.15, 0.2) is 11.5 Å². The van der Waals surface area contributed by atoms with E-state index in [4.69, 9.17) is 25.8 Å². The summed E-state index contributed by atoms with van der Waals surface area (Å²) in [7, 11) is 1.65. The third kappa shape index (κ3) is 7.15. The molecule has 1 aromatic heterocycles. The van der Waals surface area contributed by atoms with Gasteiger partial charge >= 0.3 is 0 Å². The maximum atomic E-state index is 11.3. The first kappa shape index (κ1) is 26.3. The number of aliphatic hydroxyl groups is 1. The standard InChI is InChI=1S/C28H36ClN3O4/c1-21-6-8-24(29)26(14-21)36-20-28(33)10-4-11-31(19-28)18-23-7-9-25(34-3)27(15-23)35-13-5-12-32-17-22(2)16-30-32/h6-9,14-17,33H,4-5,10-13,18-20H2,1-3H3. The van der Waals surface area contributed by atoms with Gasteiger partial charge in [-0.15, -0.1) is 0 Å². The summed E-state index contributed by atoms with van der Waals surface area (Å²) in [6.07, 6.45) is 6.33. The summed E-state index contributed by atoms with van der Waals surface area (Å²) >= 11 is 6.27. The van der Waals surface area contributed by atoms with E-state index in [2.05, 4.69) is 16.1 Å². The van der Waals surface area contributed by atoms with Gasteiger partial charge < -0.3 is 19.3 Å². The minimum Gasteiger partial charge on any atom is -0.493 e. The molecule has 2 heterocycles. The number of nitrogens with zero attached hydrogens (tertiary/aromatic N) is 3. The van der Waals surface area contributed by atoms with Crippen molar-refractivity contribution < 1.29 is 19.3 Å². The molecule has 1 fully saturated rings. The van der Waals surface area contributed by atoms with Gasteiger partial charge in [-0.25, -0.2) is 0 Å². The lowest BCUT2D eigenvalue weighted by molar-refractivity contribution is -0.0621. The summed E-state index contributed by atoms with van der Waals surface area (Å²) in [4.78, 5) is 2.26. The monoisotopic (exact) mass is 513 g/mol. The number of hydrogen-bond acceptors (Lipinski definition) is 6. The van der Waals surface area contributed by atoms with Crippen molar-refractivity contribution in [3.63, 3.8) is 0 Å². The summed E-state index contributed by atoms with van der Waals surface area (Å²) in [5.74, 6) is 2.06.